The summed E-state index contributed by atoms with van der Waals surface area (Å²) in [5.41, 5.74) is 5.78. The molecule has 7 nitrogen and oxygen atoms in total. The monoisotopic (exact) mass is 314 g/mol. The van der Waals surface area contributed by atoms with Gasteiger partial charge in [0.25, 0.3) is 0 Å². The maximum atomic E-state index is 12.0. The number of hydrogen-bond donors (Lipinski definition) is 2. The molecule has 0 fully saturated rings. The molecule has 0 aliphatic rings. The second-order valence-corrected chi connectivity index (χ2v) is 4.91. The molecule has 1 rings (SSSR count). The number of alkyl halides is 1. The number of pyridine rings is 1. The maximum Gasteiger partial charge on any atom is 0.307 e. The Morgan fingerprint density at radius 3 is 2.68 bits per heavy atom. The molecule has 122 valence electrons. The van der Waals surface area contributed by atoms with E-state index in [0.717, 1.165) is 6.20 Å². The molecule has 2 atom stereocenters. The molecule has 0 amide bonds. The molecule has 0 saturated heterocycles. The number of carboxylic acid groups (broad SMARTS) is 1. The van der Waals surface area contributed by atoms with Gasteiger partial charge in [0.1, 0.15) is 19.1 Å². The van der Waals surface area contributed by atoms with Crippen LogP contribution in [-0.4, -0.2) is 36.2 Å². The van der Waals surface area contributed by atoms with Crippen molar-refractivity contribution in [3.05, 3.63) is 29.2 Å². The molecule has 0 unspecified atom stereocenters. The Hall–Kier alpha value is -2.22. The second-order valence-electron chi connectivity index (χ2n) is 4.91. The summed E-state index contributed by atoms with van der Waals surface area (Å²) in [7, 11) is 0. The zero-order valence-corrected chi connectivity index (χ0v) is 12.2. The maximum absolute atomic E-state index is 12.0. The predicted molar refractivity (Wildman–Crippen MR) is 75.0 cm³/mol. The minimum atomic E-state index is -1.13. The number of ether oxygens (including phenoxy) is 1. The molecule has 0 radical (unpaired) electrons. The molecule has 1 heterocycles. The molecule has 1 aromatic heterocycles. The Morgan fingerprint density at radius 1 is 1.50 bits per heavy atom. The molecule has 0 bridgehead atoms. The van der Waals surface area contributed by atoms with Crippen LogP contribution < -0.4 is 15.2 Å². The van der Waals surface area contributed by atoms with Crippen molar-refractivity contribution >= 4 is 11.8 Å². The molecule has 22 heavy (non-hydrogen) atoms. The zero-order chi connectivity index (χ0) is 16.7. The van der Waals surface area contributed by atoms with Crippen LogP contribution in [0.4, 0.5) is 4.39 Å². The highest BCUT2D eigenvalue weighted by Gasteiger charge is 2.26. The van der Waals surface area contributed by atoms with Crippen molar-refractivity contribution in [1.82, 2.24) is 0 Å². The Balaban J connectivity index is 2.81. The molecule has 0 saturated carbocycles. The van der Waals surface area contributed by atoms with Crippen LogP contribution in [0.1, 0.15) is 19.0 Å². The Kier molecular flexibility index (Phi) is 6.71. The van der Waals surface area contributed by atoms with Crippen LogP contribution in [0.5, 0.6) is 5.75 Å². The molecule has 1 aromatic rings. The van der Waals surface area contributed by atoms with Crippen molar-refractivity contribution < 1.29 is 28.6 Å². The van der Waals surface area contributed by atoms with E-state index in [9.17, 15) is 24.3 Å². The molecular formula is C14H19FN2O5. The van der Waals surface area contributed by atoms with E-state index < -0.39 is 24.6 Å². The summed E-state index contributed by atoms with van der Waals surface area (Å²) in [6.45, 7) is 0.448. The summed E-state index contributed by atoms with van der Waals surface area (Å²) in [6, 6.07) is 1.99. The van der Waals surface area contributed by atoms with Crippen molar-refractivity contribution in [2.75, 3.05) is 13.3 Å². The van der Waals surface area contributed by atoms with E-state index in [1.54, 1.807) is 0 Å². The predicted octanol–water partition coefficient (Wildman–Crippen LogP) is 0.218. The molecule has 0 aromatic carbocycles. The van der Waals surface area contributed by atoms with Gasteiger partial charge in [-0.2, -0.15) is 4.73 Å². The third-order valence-corrected chi connectivity index (χ3v) is 3.18. The van der Waals surface area contributed by atoms with E-state index in [1.807, 2.05) is 0 Å². The van der Waals surface area contributed by atoms with E-state index in [2.05, 4.69) is 0 Å². The average Bonchev–Trinajstić information content (AvgIpc) is 2.46. The fourth-order valence-corrected chi connectivity index (χ4v) is 1.89. The summed E-state index contributed by atoms with van der Waals surface area (Å²) in [5, 5.41) is 21.0. The number of carbonyl (C=O) groups excluding carboxylic acids is 1. The zero-order valence-electron chi connectivity index (χ0n) is 12.2. The number of aromatic nitrogens is 1. The quantitative estimate of drug-likeness (QED) is 0.497. The van der Waals surface area contributed by atoms with Gasteiger partial charge in [0, 0.05) is 12.5 Å². The SMILES string of the molecule is CC(=O)[C@@H](N)C[C@H](Cc1ccc(OCCF)c[n+]1[O-])C(=O)O. The molecule has 0 spiro atoms. The number of aliphatic carboxylic acids is 1. The smallest absolute Gasteiger partial charge is 0.307 e. The lowest BCUT2D eigenvalue weighted by Crippen LogP contribution is -2.37. The van der Waals surface area contributed by atoms with Gasteiger partial charge in [-0.1, -0.05) is 0 Å². The van der Waals surface area contributed by atoms with Gasteiger partial charge in [0.15, 0.2) is 11.4 Å². The van der Waals surface area contributed by atoms with Crippen LogP contribution >= 0.6 is 0 Å². The molecule has 3 N–H and O–H groups in total. The van der Waals surface area contributed by atoms with Gasteiger partial charge in [0.05, 0.1) is 12.0 Å². The van der Waals surface area contributed by atoms with Gasteiger partial charge in [-0.05, 0) is 19.4 Å². The first-order valence-electron chi connectivity index (χ1n) is 6.74. The van der Waals surface area contributed by atoms with Crippen LogP contribution in [0, 0.1) is 11.1 Å². The number of rotatable bonds is 9. The second kappa shape index (κ2) is 8.28. The van der Waals surface area contributed by atoms with Crippen LogP contribution in [0.15, 0.2) is 18.3 Å². The molecule has 0 aliphatic carbocycles. The first-order valence-corrected chi connectivity index (χ1v) is 6.74. The summed E-state index contributed by atoms with van der Waals surface area (Å²) < 4.78 is 17.4. The minimum Gasteiger partial charge on any atom is -0.618 e. The molecular weight excluding hydrogens is 295 g/mol. The fourth-order valence-electron chi connectivity index (χ4n) is 1.89. The highest BCUT2D eigenvalue weighted by Crippen LogP contribution is 2.15. The fraction of sp³-hybridized carbons (Fsp3) is 0.500. The first kappa shape index (κ1) is 17.8. The number of Topliss-reactive ketones (excluding diaryl/α,β-unsaturated/α-hetero) is 1. The van der Waals surface area contributed by atoms with E-state index in [-0.39, 0.29) is 36.7 Å². The number of carbonyl (C=O) groups is 2. The van der Waals surface area contributed by atoms with E-state index >= 15 is 0 Å². The van der Waals surface area contributed by atoms with Gasteiger partial charge in [-0.3, -0.25) is 9.59 Å². The van der Waals surface area contributed by atoms with Crippen LogP contribution in [0.3, 0.4) is 0 Å². The lowest BCUT2D eigenvalue weighted by atomic mass is 9.93. The highest BCUT2D eigenvalue weighted by molar-refractivity contribution is 5.82. The number of nitrogens with zero attached hydrogens (tertiary/aromatic N) is 1. The van der Waals surface area contributed by atoms with E-state index in [1.165, 1.54) is 19.1 Å². The van der Waals surface area contributed by atoms with E-state index in [4.69, 9.17) is 10.5 Å². The number of carboxylic acids is 1. The van der Waals surface area contributed by atoms with Crippen molar-refractivity contribution in [3.63, 3.8) is 0 Å². The van der Waals surface area contributed by atoms with Gasteiger partial charge in [-0.25, -0.2) is 4.39 Å². The average molecular weight is 314 g/mol. The minimum absolute atomic E-state index is 0.0508. The lowest BCUT2D eigenvalue weighted by molar-refractivity contribution is -0.614. The first-order chi connectivity index (χ1) is 10.3. The van der Waals surface area contributed by atoms with Gasteiger partial charge < -0.3 is 20.8 Å². The summed E-state index contributed by atoms with van der Waals surface area (Å²) in [5.74, 6) is -2.19. The van der Waals surface area contributed by atoms with Crippen molar-refractivity contribution in [2.24, 2.45) is 11.7 Å². The van der Waals surface area contributed by atoms with Gasteiger partial charge in [0.2, 0.25) is 6.20 Å². The number of ketones is 1. The normalized spacial score (nSPS) is 13.4. The van der Waals surface area contributed by atoms with Crippen molar-refractivity contribution in [2.45, 2.75) is 25.8 Å². The highest BCUT2D eigenvalue weighted by atomic mass is 19.1. The standard InChI is InChI=1S/C14H19FN2O5/c1-9(18)13(16)7-10(14(19)20)6-11-2-3-12(8-17(11)21)22-5-4-15/h2-3,8,10,13H,4-7,16H2,1H3,(H,19,20)/t10-,13-/m0/s1. The summed E-state index contributed by atoms with van der Waals surface area (Å²) >= 11 is 0. The summed E-state index contributed by atoms with van der Waals surface area (Å²) in [4.78, 5) is 22.4. The Labute approximate surface area is 127 Å². The topological polar surface area (TPSA) is 117 Å². The number of hydrogen-bond acceptors (Lipinski definition) is 5. The van der Waals surface area contributed by atoms with Crippen LogP contribution in [0.25, 0.3) is 0 Å². The third-order valence-electron chi connectivity index (χ3n) is 3.18. The van der Waals surface area contributed by atoms with Crippen LogP contribution in [-0.2, 0) is 16.0 Å². The van der Waals surface area contributed by atoms with Gasteiger partial charge >= 0.3 is 5.97 Å². The van der Waals surface area contributed by atoms with E-state index in [0.29, 0.717) is 4.73 Å². The Bertz CT molecular complexity index is 538. The van der Waals surface area contributed by atoms with Gasteiger partial charge in [-0.15, -0.1) is 0 Å². The lowest BCUT2D eigenvalue weighted by Gasteiger charge is -2.15. The molecule has 0 aliphatic heterocycles. The van der Waals surface area contributed by atoms with Crippen LogP contribution in [0.2, 0.25) is 0 Å². The Morgan fingerprint density at radius 2 is 2.18 bits per heavy atom. The largest absolute Gasteiger partial charge is 0.618 e. The van der Waals surface area contributed by atoms with Crippen molar-refractivity contribution in [1.29, 1.82) is 0 Å². The number of halogens is 1. The number of nitrogens with two attached hydrogens (primary N) is 1. The third kappa shape index (κ3) is 5.28. The summed E-state index contributed by atoms with van der Waals surface area (Å²) in [6.07, 6.45) is 0.989. The molecule has 8 heteroatoms. The van der Waals surface area contributed by atoms with Crippen molar-refractivity contribution in [3.8, 4) is 5.75 Å².